The Morgan fingerprint density at radius 1 is 1.39 bits per heavy atom. The summed E-state index contributed by atoms with van der Waals surface area (Å²) >= 11 is 5.65. The zero-order valence-electron chi connectivity index (χ0n) is 11.4. The van der Waals surface area contributed by atoms with Gasteiger partial charge in [0, 0.05) is 19.7 Å². The molecular weight excluding hydrogens is 274 g/mol. The summed E-state index contributed by atoms with van der Waals surface area (Å²) < 4.78 is 31.4. The summed E-state index contributed by atoms with van der Waals surface area (Å²) in [5.74, 6) is 1.02. The fraction of sp³-hybridized carbons (Fsp3) is 0.667. The highest BCUT2D eigenvalue weighted by Crippen LogP contribution is 2.26. The summed E-state index contributed by atoms with van der Waals surface area (Å²) in [6.07, 6.45) is 0. The molecule has 1 rings (SSSR count). The molecule has 0 atom stereocenters. The Labute approximate surface area is 114 Å². The minimum atomic E-state index is -3.51. The van der Waals surface area contributed by atoms with Gasteiger partial charge in [0.05, 0.1) is 5.88 Å². The van der Waals surface area contributed by atoms with Crippen LogP contribution < -0.4 is 0 Å². The highest BCUT2D eigenvalue weighted by molar-refractivity contribution is 7.89. The molecule has 18 heavy (non-hydrogen) atoms. The standard InChI is InChI=1S/C12H20ClNO3S/c1-9-11(6-10(7-13)17-9)18(15,16)14(5)8-12(2,3)4/h6H,7-8H2,1-5H3. The van der Waals surface area contributed by atoms with Crippen LogP contribution in [0.3, 0.4) is 0 Å². The first-order valence-electron chi connectivity index (χ1n) is 5.69. The molecule has 104 valence electrons. The third-order valence-corrected chi connectivity index (χ3v) is 4.61. The SMILES string of the molecule is Cc1oc(CCl)cc1S(=O)(=O)N(C)CC(C)(C)C. The van der Waals surface area contributed by atoms with Gasteiger partial charge in [-0.3, -0.25) is 0 Å². The third kappa shape index (κ3) is 3.49. The number of halogens is 1. The van der Waals surface area contributed by atoms with Crippen molar-refractivity contribution in [2.75, 3.05) is 13.6 Å². The van der Waals surface area contributed by atoms with E-state index in [0.29, 0.717) is 18.1 Å². The van der Waals surface area contributed by atoms with Crippen molar-refractivity contribution < 1.29 is 12.8 Å². The van der Waals surface area contributed by atoms with Crippen molar-refractivity contribution in [1.82, 2.24) is 4.31 Å². The smallest absolute Gasteiger partial charge is 0.246 e. The molecule has 1 heterocycles. The van der Waals surface area contributed by atoms with E-state index in [0.717, 1.165) is 0 Å². The van der Waals surface area contributed by atoms with Gasteiger partial charge in [0.25, 0.3) is 0 Å². The van der Waals surface area contributed by atoms with E-state index in [1.165, 1.54) is 10.4 Å². The van der Waals surface area contributed by atoms with Gasteiger partial charge in [-0.1, -0.05) is 20.8 Å². The van der Waals surface area contributed by atoms with Gasteiger partial charge in [-0.2, -0.15) is 0 Å². The van der Waals surface area contributed by atoms with Crippen LogP contribution in [0.15, 0.2) is 15.4 Å². The topological polar surface area (TPSA) is 50.5 Å². The molecule has 0 radical (unpaired) electrons. The average Bonchev–Trinajstić information content (AvgIpc) is 2.57. The molecule has 0 bridgehead atoms. The van der Waals surface area contributed by atoms with Crippen LogP contribution in [0.5, 0.6) is 0 Å². The number of alkyl halides is 1. The molecule has 4 nitrogen and oxygen atoms in total. The molecule has 0 aromatic carbocycles. The quantitative estimate of drug-likeness (QED) is 0.802. The van der Waals surface area contributed by atoms with Crippen molar-refractivity contribution in [3.63, 3.8) is 0 Å². The van der Waals surface area contributed by atoms with Gasteiger partial charge < -0.3 is 4.42 Å². The molecule has 0 unspecified atom stereocenters. The summed E-state index contributed by atoms with van der Waals surface area (Å²) in [4.78, 5) is 0.199. The minimum absolute atomic E-state index is 0.102. The van der Waals surface area contributed by atoms with Gasteiger partial charge in [-0.15, -0.1) is 11.6 Å². The highest BCUT2D eigenvalue weighted by atomic mass is 35.5. The normalized spacial score (nSPS) is 13.3. The van der Waals surface area contributed by atoms with Crippen LogP contribution in [-0.4, -0.2) is 26.3 Å². The molecule has 0 saturated carbocycles. The van der Waals surface area contributed by atoms with Gasteiger partial charge >= 0.3 is 0 Å². The first-order valence-corrected chi connectivity index (χ1v) is 7.67. The van der Waals surface area contributed by atoms with E-state index in [1.807, 2.05) is 20.8 Å². The fourth-order valence-electron chi connectivity index (χ4n) is 1.77. The Bertz CT molecular complexity index is 514. The van der Waals surface area contributed by atoms with Crippen molar-refractivity contribution in [1.29, 1.82) is 0 Å². The second-order valence-corrected chi connectivity index (χ2v) is 7.87. The molecule has 0 saturated heterocycles. The van der Waals surface area contributed by atoms with Crippen molar-refractivity contribution in [3.8, 4) is 0 Å². The van der Waals surface area contributed by atoms with Crippen molar-refractivity contribution in [2.45, 2.75) is 38.5 Å². The molecule has 0 amide bonds. The lowest BCUT2D eigenvalue weighted by Gasteiger charge is -2.25. The van der Waals surface area contributed by atoms with E-state index in [-0.39, 0.29) is 16.2 Å². The van der Waals surface area contributed by atoms with E-state index in [4.69, 9.17) is 16.0 Å². The summed E-state index contributed by atoms with van der Waals surface area (Å²) in [6, 6.07) is 1.50. The predicted molar refractivity (Wildman–Crippen MR) is 72.3 cm³/mol. The summed E-state index contributed by atoms with van der Waals surface area (Å²) in [7, 11) is -1.93. The fourth-order valence-corrected chi connectivity index (χ4v) is 3.48. The van der Waals surface area contributed by atoms with E-state index in [2.05, 4.69) is 0 Å². The van der Waals surface area contributed by atoms with Crippen LogP contribution in [0.25, 0.3) is 0 Å². The van der Waals surface area contributed by atoms with Crippen LogP contribution in [0.4, 0.5) is 0 Å². The predicted octanol–water partition coefficient (Wildman–Crippen LogP) is 2.99. The van der Waals surface area contributed by atoms with Crippen LogP contribution in [-0.2, 0) is 15.9 Å². The molecule has 1 aromatic rings. The first kappa shape index (κ1) is 15.5. The van der Waals surface area contributed by atoms with Crippen LogP contribution in [0, 0.1) is 12.3 Å². The Balaban J connectivity index is 3.09. The molecule has 0 N–H and O–H groups in total. The average molecular weight is 294 g/mol. The number of hydrogen-bond acceptors (Lipinski definition) is 3. The van der Waals surface area contributed by atoms with Crippen LogP contribution in [0.2, 0.25) is 0 Å². The van der Waals surface area contributed by atoms with E-state index in [9.17, 15) is 8.42 Å². The van der Waals surface area contributed by atoms with E-state index >= 15 is 0 Å². The van der Waals surface area contributed by atoms with Gasteiger partial charge in [0.2, 0.25) is 10.0 Å². The number of rotatable bonds is 4. The third-order valence-electron chi connectivity index (χ3n) is 2.44. The number of hydrogen-bond donors (Lipinski definition) is 0. The number of sulfonamides is 1. The lowest BCUT2D eigenvalue weighted by atomic mass is 9.97. The monoisotopic (exact) mass is 293 g/mol. The molecule has 0 spiro atoms. The molecule has 0 aliphatic rings. The van der Waals surface area contributed by atoms with E-state index in [1.54, 1.807) is 14.0 Å². The first-order chi connectivity index (χ1) is 8.08. The minimum Gasteiger partial charge on any atom is -0.464 e. The molecule has 0 fully saturated rings. The van der Waals surface area contributed by atoms with Gasteiger partial charge in [0.1, 0.15) is 16.4 Å². The Morgan fingerprint density at radius 3 is 2.33 bits per heavy atom. The van der Waals surface area contributed by atoms with Crippen LogP contribution in [0.1, 0.15) is 32.3 Å². The summed E-state index contributed by atoms with van der Waals surface area (Å²) in [6.45, 7) is 8.05. The maximum Gasteiger partial charge on any atom is 0.246 e. The molecule has 0 aliphatic heterocycles. The van der Waals surface area contributed by atoms with E-state index < -0.39 is 10.0 Å². The Morgan fingerprint density at radius 2 is 1.94 bits per heavy atom. The molecule has 1 aromatic heterocycles. The Hall–Kier alpha value is -0.520. The van der Waals surface area contributed by atoms with Crippen molar-refractivity contribution >= 4 is 21.6 Å². The zero-order valence-corrected chi connectivity index (χ0v) is 13.0. The maximum atomic E-state index is 12.4. The number of furan rings is 1. The summed E-state index contributed by atoms with van der Waals surface area (Å²) in [5, 5.41) is 0. The van der Waals surface area contributed by atoms with Gasteiger partial charge in [-0.25, -0.2) is 12.7 Å². The Kier molecular flexibility index (Phi) is 4.51. The second kappa shape index (κ2) is 5.23. The lowest BCUT2D eigenvalue weighted by Crippen LogP contribution is -2.34. The van der Waals surface area contributed by atoms with Gasteiger partial charge in [-0.05, 0) is 12.3 Å². The largest absolute Gasteiger partial charge is 0.464 e. The zero-order chi connectivity index (χ0) is 14.1. The molecule has 6 heteroatoms. The van der Waals surface area contributed by atoms with Crippen molar-refractivity contribution in [2.24, 2.45) is 5.41 Å². The maximum absolute atomic E-state index is 12.4. The number of nitrogens with zero attached hydrogens (tertiary/aromatic N) is 1. The van der Waals surface area contributed by atoms with Crippen molar-refractivity contribution in [3.05, 3.63) is 17.6 Å². The number of aryl methyl sites for hydroxylation is 1. The molecular formula is C12H20ClNO3S. The lowest BCUT2D eigenvalue weighted by molar-refractivity contribution is 0.310. The second-order valence-electron chi connectivity index (χ2n) is 5.59. The highest BCUT2D eigenvalue weighted by Gasteiger charge is 2.28. The molecule has 0 aliphatic carbocycles. The van der Waals surface area contributed by atoms with Gasteiger partial charge in [0.15, 0.2) is 0 Å². The summed E-state index contributed by atoms with van der Waals surface area (Å²) in [5.41, 5.74) is -0.102. The van der Waals surface area contributed by atoms with Crippen LogP contribution >= 0.6 is 11.6 Å².